The predicted molar refractivity (Wildman–Crippen MR) is 96.6 cm³/mol. The van der Waals surface area contributed by atoms with Gasteiger partial charge in [-0.1, -0.05) is 16.1 Å². The van der Waals surface area contributed by atoms with E-state index in [1.54, 1.807) is 6.07 Å². The normalized spacial score (nSPS) is 13.4. The van der Waals surface area contributed by atoms with E-state index in [9.17, 15) is 13.2 Å². The zero-order chi connectivity index (χ0) is 19.3. The van der Waals surface area contributed by atoms with E-state index in [1.165, 1.54) is 12.1 Å². The van der Waals surface area contributed by atoms with Gasteiger partial charge in [-0.2, -0.15) is 0 Å². The molecule has 2 aromatic rings. The minimum absolute atomic E-state index is 0.0544. The first-order chi connectivity index (χ1) is 13.0. The number of halogens is 1. The van der Waals surface area contributed by atoms with Gasteiger partial charge in [-0.15, -0.1) is 5.10 Å². The summed E-state index contributed by atoms with van der Waals surface area (Å²) in [7, 11) is -3.72. The average molecular weight is 434 g/mol. The molecular weight excluding hydrogens is 418 g/mol. The van der Waals surface area contributed by atoms with Crippen LogP contribution in [-0.2, 0) is 26.2 Å². The molecule has 3 rings (SSSR count). The van der Waals surface area contributed by atoms with Gasteiger partial charge in [0.15, 0.2) is 11.5 Å². The van der Waals surface area contributed by atoms with Crippen LogP contribution < -0.4 is 14.2 Å². The van der Waals surface area contributed by atoms with Gasteiger partial charge in [0, 0.05) is 30.6 Å². The fourth-order valence-electron chi connectivity index (χ4n) is 2.22. The third kappa shape index (κ3) is 5.28. The summed E-state index contributed by atoms with van der Waals surface area (Å²) in [6, 6.07) is 4.41. The van der Waals surface area contributed by atoms with E-state index in [-0.39, 0.29) is 30.9 Å². The number of benzene rings is 1. The summed E-state index contributed by atoms with van der Waals surface area (Å²) in [5.74, 6) is 0.429. The molecule has 1 aromatic heterocycles. The number of ether oxygens (including phenoxy) is 3. The standard InChI is InChI=1S/C15H16ClN3O6S2/c16-15-11(18-19-26-15)9-25-14(20)2-1-5-17-27(21,22)10-3-4-12-13(8-10)24-7-6-23-12/h3-4,8,17H,1-2,5-7,9H2. The van der Waals surface area contributed by atoms with Crippen molar-refractivity contribution in [2.24, 2.45) is 0 Å². The Morgan fingerprint density at radius 2 is 2.07 bits per heavy atom. The summed E-state index contributed by atoms with van der Waals surface area (Å²) in [5.41, 5.74) is 0.398. The van der Waals surface area contributed by atoms with Crippen molar-refractivity contribution in [2.45, 2.75) is 24.3 Å². The molecule has 146 valence electrons. The summed E-state index contributed by atoms with van der Waals surface area (Å²) in [6.07, 6.45) is 0.338. The van der Waals surface area contributed by atoms with Crippen molar-refractivity contribution in [2.75, 3.05) is 19.8 Å². The lowest BCUT2D eigenvalue weighted by molar-refractivity contribution is -0.145. The Balaban J connectivity index is 1.44. The highest BCUT2D eigenvalue weighted by Gasteiger charge is 2.19. The summed E-state index contributed by atoms with van der Waals surface area (Å²) < 4.78 is 46.9. The molecule has 1 aromatic carbocycles. The van der Waals surface area contributed by atoms with Crippen LogP contribution in [0, 0.1) is 0 Å². The molecule has 0 fully saturated rings. The Kier molecular flexibility index (Phi) is 6.47. The van der Waals surface area contributed by atoms with E-state index in [4.69, 9.17) is 25.8 Å². The number of sulfonamides is 1. The molecule has 0 saturated heterocycles. The molecule has 27 heavy (non-hydrogen) atoms. The van der Waals surface area contributed by atoms with Crippen LogP contribution in [0.3, 0.4) is 0 Å². The lowest BCUT2D eigenvalue weighted by Gasteiger charge is -2.18. The van der Waals surface area contributed by atoms with E-state index < -0.39 is 16.0 Å². The summed E-state index contributed by atoms with van der Waals surface area (Å²) in [6.45, 7) is 0.828. The first kappa shape index (κ1) is 19.8. The molecule has 1 aliphatic rings. The molecule has 1 aliphatic heterocycles. The van der Waals surface area contributed by atoms with Gasteiger partial charge in [-0.25, -0.2) is 13.1 Å². The van der Waals surface area contributed by atoms with Gasteiger partial charge >= 0.3 is 5.97 Å². The largest absolute Gasteiger partial charge is 0.486 e. The van der Waals surface area contributed by atoms with Crippen molar-refractivity contribution in [3.63, 3.8) is 0 Å². The van der Waals surface area contributed by atoms with Crippen LogP contribution >= 0.6 is 23.1 Å². The highest BCUT2D eigenvalue weighted by Crippen LogP contribution is 2.32. The molecule has 0 aliphatic carbocycles. The summed E-state index contributed by atoms with van der Waals surface area (Å²) in [4.78, 5) is 11.8. The van der Waals surface area contributed by atoms with Crippen molar-refractivity contribution in [1.29, 1.82) is 0 Å². The number of aromatic nitrogens is 2. The summed E-state index contributed by atoms with van der Waals surface area (Å²) >= 11 is 6.82. The van der Waals surface area contributed by atoms with Gasteiger partial charge in [0.2, 0.25) is 10.0 Å². The third-order valence-corrected chi connectivity index (χ3v) is 6.00. The number of carbonyl (C=O) groups excluding carboxylic acids is 1. The maximum Gasteiger partial charge on any atom is 0.306 e. The Bertz CT molecular complexity index is 918. The first-order valence-electron chi connectivity index (χ1n) is 7.97. The SMILES string of the molecule is O=C(CCCNS(=O)(=O)c1ccc2c(c1)OCCO2)OCc1nnsc1Cl. The number of hydrogen-bond acceptors (Lipinski definition) is 9. The van der Waals surface area contributed by atoms with Crippen molar-refractivity contribution >= 4 is 39.1 Å². The minimum atomic E-state index is -3.72. The van der Waals surface area contributed by atoms with Crippen LogP contribution in [0.25, 0.3) is 0 Å². The smallest absolute Gasteiger partial charge is 0.306 e. The molecule has 0 spiro atoms. The monoisotopic (exact) mass is 433 g/mol. The average Bonchev–Trinajstić information content (AvgIpc) is 3.08. The summed E-state index contributed by atoms with van der Waals surface area (Å²) in [5, 5.41) is 3.73. The molecule has 9 nitrogen and oxygen atoms in total. The third-order valence-electron chi connectivity index (χ3n) is 3.55. The van der Waals surface area contributed by atoms with Gasteiger partial charge in [0.1, 0.15) is 29.9 Å². The lowest BCUT2D eigenvalue weighted by atomic mass is 10.3. The molecule has 2 heterocycles. The fourth-order valence-corrected chi connectivity index (χ4v) is 3.91. The Labute approximate surface area is 164 Å². The lowest BCUT2D eigenvalue weighted by Crippen LogP contribution is -2.25. The van der Waals surface area contributed by atoms with Crippen molar-refractivity contribution in [3.8, 4) is 11.5 Å². The number of carbonyl (C=O) groups is 1. The predicted octanol–water partition coefficient (Wildman–Crippen LogP) is 1.76. The second-order valence-electron chi connectivity index (χ2n) is 5.46. The molecule has 0 saturated carbocycles. The van der Waals surface area contributed by atoms with E-state index >= 15 is 0 Å². The zero-order valence-corrected chi connectivity index (χ0v) is 16.4. The second kappa shape index (κ2) is 8.83. The Hall–Kier alpha value is -1.95. The number of hydrogen-bond donors (Lipinski definition) is 1. The molecule has 1 N–H and O–H groups in total. The Morgan fingerprint density at radius 1 is 1.30 bits per heavy atom. The van der Waals surface area contributed by atoms with Gasteiger partial charge < -0.3 is 14.2 Å². The number of rotatable bonds is 8. The van der Waals surface area contributed by atoms with Crippen LogP contribution in [0.15, 0.2) is 23.1 Å². The maximum absolute atomic E-state index is 12.3. The second-order valence-corrected chi connectivity index (χ2v) is 8.58. The zero-order valence-electron chi connectivity index (χ0n) is 14.0. The Morgan fingerprint density at radius 3 is 2.81 bits per heavy atom. The van der Waals surface area contributed by atoms with Crippen molar-refractivity contribution in [3.05, 3.63) is 28.2 Å². The highest BCUT2D eigenvalue weighted by molar-refractivity contribution is 7.89. The molecule has 0 atom stereocenters. The van der Waals surface area contributed by atoms with Gasteiger partial charge in [-0.3, -0.25) is 4.79 Å². The number of nitrogens with zero attached hydrogens (tertiary/aromatic N) is 2. The minimum Gasteiger partial charge on any atom is -0.486 e. The van der Waals surface area contributed by atoms with Crippen molar-refractivity contribution in [1.82, 2.24) is 14.3 Å². The van der Waals surface area contributed by atoms with E-state index in [2.05, 4.69) is 14.3 Å². The van der Waals surface area contributed by atoms with E-state index in [0.717, 1.165) is 11.5 Å². The quantitative estimate of drug-likeness (QED) is 0.494. The van der Waals surface area contributed by atoms with Crippen molar-refractivity contribution < 1.29 is 27.4 Å². The number of nitrogens with one attached hydrogen (secondary N) is 1. The topological polar surface area (TPSA) is 117 Å². The first-order valence-corrected chi connectivity index (χ1v) is 10.6. The van der Waals surface area contributed by atoms with Crippen LogP contribution in [0.1, 0.15) is 18.5 Å². The van der Waals surface area contributed by atoms with Crippen LogP contribution in [0.2, 0.25) is 4.34 Å². The molecule has 0 amide bonds. The maximum atomic E-state index is 12.3. The number of fused-ring (bicyclic) bond motifs is 1. The molecule has 0 bridgehead atoms. The highest BCUT2D eigenvalue weighted by atomic mass is 35.5. The molecule has 12 heteroatoms. The molecule has 0 unspecified atom stereocenters. The van der Waals surface area contributed by atoms with E-state index in [0.29, 0.717) is 34.7 Å². The van der Waals surface area contributed by atoms with Gasteiger partial charge in [-0.05, 0) is 18.6 Å². The number of esters is 1. The van der Waals surface area contributed by atoms with Crippen LogP contribution in [-0.4, -0.2) is 43.7 Å². The fraction of sp³-hybridized carbons (Fsp3) is 0.400. The molecular formula is C15H16ClN3O6S2. The van der Waals surface area contributed by atoms with Crippen LogP contribution in [0.4, 0.5) is 0 Å². The van der Waals surface area contributed by atoms with Gasteiger partial charge in [0.25, 0.3) is 0 Å². The molecule has 0 radical (unpaired) electrons. The van der Waals surface area contributed by atoms with E-state index in [1.807, 2.05) is 0 Å². The van der Waals surface area contributed by atoms with Crippen LogP contribution in [0.5, 0.6) is 11.5 Å². The van der Waals surface area contributed by atoms with Gasteiger partial charge in [0.05, 0.1) is 4.90 Å².